The summed E-state index contributed by atoms with van der Waals surface area (Å²) in [5.41, 5.74) is 3.34. The van der Waals surface area contributed by atoms with E-state index < -0.39 is 0 Å². The Morgan fingerprint density at radius 3 is 2.56 bits per heavy atom. The number of fused-ring (bicyclic) bond motifs is 1. The van der Waals surface area contributed by atoms with Crippen molar-refractivity contribution in [3.05, 3.63) is 67.0 Å². The zero-order valence-corrected chi connectivity index (χ0v) is 13.6. The van der Waals surface area contributed by atoms with Crippen LogP contribution >= 0.6 is 0 Å². The number of phenols is 1. The number of pyridine rings is 1. The summed E-state index contributed by atoms with van der Waals surface area (Å²) in [5, 5.41) is 14.2. The first-order valence-electron chi connectivity index (χ1n) is 7.94. The number of anilines is 1. The largest absolute Gasteiger partial charge is 0.507 e. The quantitative estimate of drug-likeness (QED) is 0.592. The molecule has 2 aromatic carbocycles. The first-order valence-corrected chi connectivity index (χ1v) is 7.94. The second-order valence-corrected chi connectivity index (χ2v) is 5.64. The summed E-state index contributed by atoms with van der Waals surface area (Å²) in [6.07, 6.45) is 3.47. The predicted molar refractivity (Wildman–Crippen MR) is 99.4 cm³/mol. The Morgan fingerprint density at radius 1 is 0.920 bits per heavy atom. The van der Waals surface area contributed by atoms with E-state index >= 15 is 0 Å². The molecule has 2 aromatic heterocycles. The first kappa shape index (κ1) is 15.1. The van der Waals surface area contributed by atoms with Gasteiger partial charge in [-0.1, -0.05) is 24.3 Å². The fourth-order valence-electron chi connectivity index (χ4n) is 2.83. The molecule has 0 amide bonds. The smallest absolute Gasteiger partial charge is 0.163 e. The van der Waals surface area contributed by atoms with Crippen LogP contribution in [0.4, 0.5) is 5.82 Å². The van der Waals surface area contributed by atoms with E-state index in [1.54, 1.807) is 18.5 Å². The van der Waals surface area contributed by atoms with Crippen LogP contribution in [0.25, 0.3) is 33.4 Å². The van der Waals surface area contributed by atoms with E-state index in [9.17, 15) is 5.11 Å². The van der Waals surface area contributed by atoms with Gasteiger partial charge in [-0.3, -0.25) is 4.98 Å². The molecule has 0 saturated heterocycles. The van der Waals surface area contributed by atoms with Gasteiger partial charge in [0.25, 0.3) is 0 Å². The van der Waals surface area contributed by atoms with Gasteiger partial charge in [-0.15, -0.1) is 0 Å². The zero-order chi connectivity index (χ0) is 17.2. The summed E-state index contributed by atoms with van der Waals surface area (Å²) in [7, 11) is 1.84. The normalized spacial score (nSPS) is 10.8. The number of nitrogens with one attached hydrogen (secondary N) is 1. The Balaban J connectivity index is 1.93. The monoisotopic (exact) mass is 328 g/mol. The van der Waals surface area contributed by atoms with Crippen LogP contribution in [0.1, 0.15) is 0 Å². The number of rotatable bonds is 3. The fourth-order valence-corrected chi connectivity index (χ4v) is 2.83. The van der Waals surface area contributed by atoms with E-state index in [0.717, 1.165) is 33.4 Å². The minimum absolute atomic E-state index is 0.247. The van der Waals surface area contributed by atoms with Crippen LogP contribution < -0.4 is 5.32 Å². The minimum atomic E-state index is 0.247. The molecule has 0 unspecified atom stereocenters. The summed E-state index contributed by atoms with van der Waals surface area (Å²) in [6.45, 7) is 0. The van der Waals surface area contributed by atoms with Gasteiger partial charge in [-0.25, -0.2) is 9.97 Å². The van der Waals surface area contributed by atoms with Crippen molar-refractivity contribution in [3.63, 3.8) is 0 Å². The molecule has 0 saturated carbocycles. The number of phenolic OH excluding ortho intramolecular Hbond substituents is 1. The summed E-state index contributed by atoms with van der Waals surface area (Å²) in [5.74, 6) is 1.62. The highest BCUT2D eigenvalue weighted by Gasteiger charge is 2.11. The third-order valence-corrected chi connectivity index (χ3v) is 4.07. The van der Waals surface area contributed by atoms with Crippen molar-refractivity contribution in [2.45, 2.75) is 0 Å². The average Bonchev–Trinajstić information content (AvgIpc) is 2.67. The molecule has 4 aromatic rings. The van der Waals surface area contributed by atoms with Crippen LogP contribution in [0.3, 0.4) is 0 Å². The predicted octanol–water partition coefficient (Wildman–Crippen LogP) is 4.11. The van der Waals surface area contributed by atoms with Crippen LogP contribution in [0.2, 0.25) is 0 Å². The third-order valence-electron chi connectivity index (χ3n) is 4.07. The molecule has 0 aliphatic carbocycles. The fraction of sp³-hybridized carbons (Fsp3) is 0.0500. The van der Waals surface area contributed by atoms with Gasteiger partial charge in [0.05, 0.1) is 5.52 Å². The molecule has 0 aliphatic heterocycles. The Hall–Kier alpha value is -3.47. The number of benzene rings is 2. The van der Waals surface area contributed by atoms with Crippen LogP contribution in [0, 0.1) is 0 Å². The van der Waals surface area contributed by atoms with Crippen molar-refractivity contribution >= 4 is 16.7 Å². The van der Waals surface area contributed by atoms with Crippen LogP contribution in [-0.4, -0.2) is 27.1 Å². The molecule has 0 spiro atoms. The van der Waals surface area contributed by atoms with Gasteiger partial charge >= 0.3 is 0 Å². The third kappa shape index (κ3) is 2.76. The first-order chi connectivity index (χ1) is 12.3. The lowest BCUT2D eigenvalue weighted by Gasteiger charge is -2.10. The summed E-state index contributed by atoms with van der Waals surface area (Å²) in [4.78, 5) is 13.4. The maximum atomic E-state index is 10.1. The topological polar surface area (TPSA) is 70.9 Å². The van der Waals surface area contributed by atoms with Crippen molar-refractivity contribution in [2.24, 2.45) is 0 Å². The standard InChI is InChI=1S/C20H16N4O/c1-21-20-16-9-8-13(15-6-2-3-7-18(15)25)11-17(16)23-19(24-20)14-5-4-10-22-12-14/h2-12,25H,1H3,(H,21,23,24). The SMILES string of the molecule is CNc1nc(-c2cccnc2)nc2cc(-c3ccccc3O)ccc12. The Labute approximate surface area is 145 Å². The highest BCUT2D eigenvalue weighted by molar-refractivity contribution is 5.93. The van der Waals surface area contributed by atoms with E-state index in [2.05, 4.69) is 15.3 Å². The van der Waals surface area contributed by atoms with Crippen molar-refractivity contribution in [1.82, 2.24) is 15.0 Å². The molecule has 25 heavy (non-hydrogen) atoms. The average molecular weight is 328 g/mol. The summed E-state index contributed by atoms with van der Waals surface area (Å²) >= 11 is 0. The summed E-state index contributed by atoms with van der Waals surface area (Å²) < 4.78 is 0. The lowest BCUT2D eigenvalue weighted by molar-refractivity contribution is 0.477. The highest BCUT2D eigenvalue weighted by atomic mass is 16.3. The van der Waals surface area contributed by atoms with E-state index in [1.807, 2.05) is 55.6 Å². The van der Waals surface area contributed by atoms with Crippen molar-refractivity contribution in [3.8, 4) is 28.3 Å². The van der Waals surface area contributed by atoms with Gasteiger partial charge in [0.1, 0.15) is 11.6 Å². The molecule has 0 aliphatic rings. The molecule has 4 rings (SSSR count). The van der Waals surface area contributed by atoms with Gasteiger partial charge in [0, 0.05) is 36.0 Å². The number of nitrogens with zero attached hydrogens (tertiary/aromatic N) is 3. The number of hydrogen-bond donors (Lipinski definition) is 2. The molecule has 0 radical (unpaired) electrons. The Morgan fingerprint density at radius 2 is 1.80 bits per heavy atom. The van der Waals surface area contributed by atoms with E-state index in [4.69, 9.17) is 4.98 Å². The van der Waals surface area contributed by atoms with Crippen molar-refractivity contribution < 1.29 is 5.11 Å². The number of para-hydroxylation sites is 1. The number of hydrogen-bond acceptors (Lipinski definition) is 5. The summed E-state index contributed by atoms with van der Waals surface area (Å²) in [6, 6.07) is 17.0. The van der Waals surface area contributed by atoms with Crippen LogP contribution in [-0.2, 0) is 0 Å². The minimum Gasteiger partial charge on any atom is -0.507 e. The van der Waals surface area contributed by atoms with E-state index in [1.165, 1.54) is 0 Å². The molecule has 5 nitrogen and oxygen atoms in total. The van der Waals surface area contributed by atoms with Gasteiger partial charge in [-0.05, 0) is 35.9 Å². The maximum Gasteiger partial charge on any atom is 0.163 e. The maximum absolute atomic E-state index is 10.1. The van der Waals surface area contributed by atoms with Gasteiger partial charge in [-0.2, -0.15) is 0 Å². The lowest BCUT2D eigenvalue weighted by Crippen LogP contribution is -1.99. The molecule has 122 valence electrons. The highest BCUT2D eigenvalue weighted by Crippen LogP contribution is 2.32. The Kier molecular flexibility index (Phi) is 3.74. The molecule has 0 bridgehead atoms. The molecule has 5 heteroatoms. The molecular formula is C20H16N4O. The molecule has 2 heterocycles. The number of aromatic nitrogens is 3. The molecule has 2 N–H and O–H groups in total. The van der Waals surface area contributed by atoms with E-state index in [0.29, 0.717) is 5.82 Å². The zero-order valence-electron chi connectivity index (χ0n) is 13.6. The van der Waals surface area contributed by atoms with Gasteiger partial charge in [0.15, 0.2) is 5.82 Å². The molecule has 0 atom stereocenters. The number of aromatic hydroxyl groups is 1. The molecular weight excluding hydrogens is 312 g/mol. The Bertz CT molecular complexity index is 1050. The second kappa shape index (κ2) is 6.20. The van der Waals surface area contributed by atoms with E-state index in [-0.39, 0.29) is 5.75 Å². The van der Waals surface area contributed by atoms with Crippen molar-refractivity contribution in [2.75, 3.05) is 12.4 Å². The molecule has 0 fully saturated rings. The van der Waals surface area contributed by atoms with Gasteiger partial charge < -0.3 is 10.4 Å². The van der Waals surface area contributed by atoms with Crippen molar-refractivity contribution in [1.29, 1.82) is 0 Å². The van der Waals surface area contributed by atoms with Crippen LogP contribution in [0.15, 0.2) is 67.0 Å². The second-order valence-electron chi connectivity index (χ2n) is 5.64. The lowest BCUT2D eigenvalue weighted by atomic mass is 10.0. The van der Waals surface area contributed by atoms with Crippen LogP contribution in [0.5, 0.6) is 5.75 Å². The van der Waals surface area contributed by atoms with Gasteiger partial charge in [0.2, 0.25) is 0 Å².